The van der Waals surface area contributed by atoms with Crippen molar-refractivity contribution >= 4 is 53.2 Å². The van der Waals surface area contributed by atoms with Gasteiger partial charge in [-0.2, -0.15) is 4.98 Å². The van der Waals surface area contributed by atoms with E-state index in [1.807, 2.05) is 51.7 Å². The van der Waals surface area contributed by atoms with Crippen LogP contribution in [0.3, 0.4) is 0 Å². The van der Waals surface area contributed by atoms with Crippen LogP contribution in [0.2, 0.25) is 10.1 Å². The number of rotatable bonds is 9. The van der Waals surface area contributed by atoms with Gasteiger partial charge in [-0.3, -0.25) is 0 Å². The Bertz CT molecular complexity index is 2620. The molecule has 0 spiro atoms. The molecule has 1 aliphatic heterocycles. The van der Waals surface area contributed by atoms with Gasteiger partial charge in [0.2, 0.25) is 0 Å². The van der Waals surface area contributed by atoms with Crippen LogP contribution in [0.5, 0.6) is 0 Å². The summed E-state index contributed by atoms with van der Waals surface area (Å²) in [6, 6.07) is 33.2. The number of amides is 1. The van der Waals surface area contributed by atoms with Gasteiger partial charge in [0, 0.05) is 31.2 Å². The van der Waals surface area contributed by atoms with Crippen LogP contribution in [0, 0.1) is 12.7 Å². The smallest absolute Gasteiger partial charge is 0.410 e. The molecule has 0 aliphatic carbocycles. The zero-order valence-corrected chi connectivity index (χ0v) is 39.2. The second kappa shape index (κ2) is 17.4. The van der Waals surface area contributed by atoms with E-state index < -0.39 is 31.5 Å². The lowest BCUT2D eigenvalue weighted by molar-refractivity contribution is 0.0218. The molecule has 2 aromatic heterocycles. The summed E-state index contributed by atoms with van der Waals surface area (Å²) in [6.45, 7) is 21.9. The van der Waals surface area contributed by atoms with Gasteiger partial charge < -0.3 is 19.0 Å². The lowest BCUT2D eigenvalue weighted by Crippen LogP contribution is -2.66. The van der Waals surface area contributed by atoms with E-state index in [2.05, 4.69) is 95.3 Å². The molecule has 7 rings (SSSR count). The average Bonchev–Trinajstić information content (AvgIpc) is 3.21. The van der Waals surface area contributed by atoms with E-state index in [-0.39, 0.29) is 33.3 Å². The molecule has 0 saturated carbocycles. The minimum Gasteiger partial charge on any atom is -0.444 e. The Kier molecular flexibility index (Phi) is 12.6. The standard InChI is InChI=1S/C50H57ClFN5O4Si/c1-32(2)39-28-35(31-60-62(50(8,9)10,36-19-13-11-14-20-36)37-21-15-12-16-22-37)27-33(3)44(39)57-46-40(29-41(51)43(53-46)38-23-17-18-24-42(38)52)45(54-47(57)58)56-26-25-55(30-34(56)4)48(59)61-49(5,6)7/h11-24,27-29,32,34H,25-26,30-31H2,1-10H3/t34-/m0/s1. The molecule has 0 unspecified atom stereocenters. The van der Waals surface area contributed by atoms with E-state index >= 15 is 4.39 Å². The number of carbonyl (C=O) groups excluding carboxylic acids is 1. The highest BCUT2D eigenvalue weighted by atomic mass is 35.5. The number of anilines is 1. The first-order valence-corrected chi connectivity index (χ1v) is 23.6. The predicted octanol–water partition coefficient (Wildman–Crippen LogP) is 10.2. The topological polar surface area (TPSA) is 89.8 Å². The molecule has 0 radical (unpaired) electrons. The second-order valence-corrected chi connectivity index (χ2v) is 23.4. The summed E-state index contributed by atoms with van der Waals surface area (Å²) in [6.07, 6.45) is -0.395. The highest BCUT2D eigenvalue weighted by molar-refractivity contribution is 6.99. The third-order valence-corrected chi connectivity index (χ3v) is 16.9. The fourth-order valence-electron chi connectivity index (χ4n) is 8.80. The summed E-state index contributed by atoms with van der Waals surface area (Å²) in [4.78, 5) is 41.4. The van der Waals surface area contributed by atoms with Gasteiger partial charge in [0.15, 0.2) is 5.65 Å². The number of hydrogen-bond acceptors (Lipinski definition) is 7. The number of pyridine rings is 1. The van der Waals surface area contributed by atoms with Crippen molar-refractivity contribution in [1.82, 2.24) is 19.4 Å². The third kappa shape index (κ3) is 8.67. The highest BCUT2D eigenvalue weighted by Gasteiger charge is 2.50. The zero-order chi connectivity index (χ0) is 44.7. The van der Waals surface area contributed by atoms with Crippen molar-refractivity contribution in [1.29, 1.82) is 0 Å². The molecule has 1 atom stereocenters. The lowest BCUT2D eigenvalue weighted by atomic mass is 9.95. The number of aromatic nitrogens is 3. The van der Waals surface area contributed by atoms with Crippen LogP contribution in [-0.2, 0) is 15.8 Å². The second-order valence-electron chi connectivity index (χ2n) is 18.6. The minimum absolute atomic E-state index is 0.0302. The third-order valence-electron chi connectivity index (χ3n) is 11.6. The molecule has 6 aromatic rings. The number of hydrogen-bond donors (Lipinski definition) is 0. The van der Waals surface area contributed by atoms with E-state index in [0.717, 1.165) is 16.7 Å². The van der Waals surface area contributed by atoms with Crippen LogP contribution >= 0.6 is 11.6 Å². The SMILES string of the molecule is Cc1cc(CO[Si](c2ccccc2)(c2ccccc2)C(C)(C)C)cc(C(C)C)c1-n1c(=O)nc(N2CCN(C(=O)OC(C)(C)C)C[C@@H]2C)c2cc(Cl)c(-c3ccccc3F)nc21. The number of benzene rings is 4. The predicted molar refractivity (Wildman–Crippen MR) is 251 cm³/mol. The molecule has 0 bridgehead atoms. The summed E-state index contributed by atoms with van der Waals surface area (Å²) in [5.74, 6) is -0.121. The van der Waals surface area contributed by atoms with Crippen molar-refractivity contribution in [2.24, 2.45) is 0 Å². The van der Waals surface area contributed by atoms with Crippen LogP contribution in [0.15, 0.2) is 108 Å². The fraction of sp³-hybridized carbons (Fsp3) is 0.360. The number of fused-ring (bicyclic) bond motifs is 1. The molecular weight excluding hydrogens is 817 g/mol. The Labute approximate surface area is 370 Å². The maximum absolute atomic E-state index is 15.5. The normalized spacial score (nSPS) is 15.1. The lowest BCUT2D eigenvalue weighted by Gasteiger charge is -2.43. The Morgan fingerprint density at radius 1 is 0.887 bits per heavy atom. The number of piperazine rings is 1. The maximum atomic E-state index is 15.5. The summed E-state index contributed by atoms with van der Waals surface area (Å²) >= 11 is 7.00. The van der Waals surface area contributed by atoms with Crippen LogP contribution in [0.4, 0.5) is 15.0 Å². The van der Waals surface area contributed by atoms with Gasteiger partial charge >= 0.3 is 11.8 Å². The molecule has 9 nitrogen and oxygen atoms in total. The van der Waals surface area contributed by atoms with Crippen molar-refractivity contribution in [3.63, 3.8) is 0 Å². The molecule has 12 heteroatoms. The van der Waals surface area contributed by atoms with E-state index in [9.17, 15) is 9.59 Å². The van der Waals surface area contributed by atoms with Crippen molar-refractivity contribution in [3.8, 4) is 16.9 Å². The Hall–Kier alpha value is -5.36. The number of carbonyl (C=O) groups is 1. The highest BCUT2D eigenvalue weighted by Crippen LogP contribution is 2.40. The number of aryl methyl sites for hydroxylation is 1. The van der Waals surface area contributed by atoms with Gasteiger partial charge in [-0.05, 0) is 90.8 Å². The van der Waals surface area contributed by atoms with Crippen molar-refractivity contribution in [2.45, 2.75) is 98.4 Å². The van der Waals surface area contributed by atoms with Crippen molar-refractivity contribution in [3.05, 3.63) is 141 Å². The van der Waals surface area contributed by atoms with Crippen LogP contribution in [0.1, 0.15) is 84.9 Å². The van der Waals surface area contributed by atoms with Gasteiger partial charge in [-0.25, -0.2) is 23.5 Å². The van der Waals surface area contributed by atoms with Crippen LogP contribution in [-0.4, -0.2) is 65.1 Å². The average molecular weight is 875 g/mol. The van der Waals surface area contributed by atoms with Gasteiger partial charge in [-0.1, -0.05) is 131 Å². The molecule has 1 amide bonds. The molecule has 324 valence electrons. The Balaban J connectivity index is 1.38. The van der Waals surface area contributed by atoms with E-state index in [1.54, 1.807) is 33.7 Å². The maximum Gasteiger partial charge on any atom is 0.410 e. The molecule has 1 fully saturated rings. The number of ether oxygens (including phenoxy) is 1. The molecule has 62 heavy (non-hydrogen) atoms. The Morgan fingerprint density at radius 3 is 2.06 bits per heavy atom. The Morgan fingerprint density at radius 2 is 1.50 bits per heavy atom. The first-order valence-electron chi connectivity index (χ1n) is 21.3. The number of nitrogens with zero attached hydrogens (tertiary/aromatic N) is 5. The fourth-order valence-corrected chi connectivity index (χ4v) is 13.6. The van der Waals surface area contributed by atoms with Gasteiger partial charge in [0.05, 0.1) is 28.4 Å². The number of halogens is 2. The van der Waals surface area contributed by atoms with E-state index in [1.165, 1.54) is 16.4 Å². The minimum atomic E-state index is -2.87. The molecule has 1 saturated heterocycles. The monoisotopic (exact) mass is 873 g/mol. The van der Waals surface area contributed by atoms with E-state index in [0.29, 0.717) is 48.8 Å². The molecule has 0 N–H and O–H groups in total. The summed E-state index contributed by atoms with van der Waals surface area (Å²) < 4.78 is 30.1. The molecule has 1 aliphatic rings. The van der Waals surface area contributed by atoms with Crippen molar-refractivity contribution in [2.75, 3.05) is 24.5 Å². The zero-order valence-electron chi connectivity index (χ0n) is 37.4. The van der Waals surface area contributed by atoms with Crippen molar-refractivity contribution < 1.29 is 18.3 Å². The molecular formula is C50H57ClFN5O4Si. The largest absolute Gasteiger partial charge is 0.444 e. The van der Waals surface area contributed by atoms with Crippen LogP contribution < -0.4 is 21.0 Å². The molecule has 3 heterocycles. The first kappa shape index (κ1) is 44.7. The first-order chi connectivity index (χ1) is 29.3. The molecule has 4 aromatic carbocycles. The van der Waals surface area contributed by atoms with E-state index in [4.69, 9.17) is 30.7 Å². The summed E-state index contributed by atoms with van der Waals surface area (Å²) in [7, 11) is -2.87. The van der Waals surface area contributed by atoms with Gasteiger partial charge in [0.25, 0.3) is 8.32 Å². The van der Waals surface area contributed by atoms with Crippen LogP contribution in [0.25, 0.3) is 28.0 Å². The summed E-state index contributed by atoms with van der Waals surface area (Å²) in [5, 5.41) is 2.91. The quantitative estimate of drug-likeness (QED) is 0.134. The van der Waals surface area contributed by atoms with Gasteiger partial charge in [-0.15, -0.1) is 0 Å². The van der Waals surface area contributed by atoms with Gasteiger partial charge in [0.1, 0.15) is 17.2 Å². The summed E-state index contributed by atoms with van der Waals surface area (Å²) in [5.41, 5.74) is 2.92.